The highest BCUT2D eigenvalue weighted by Gasteiger charge is 2.19. The minimum Gasteiger partial charge on any atom is -0.309 e. The van der Waals surface area contributed by atoms with Crippen molar-refractivity contribution in [1.82, 2.24) is 13.7 Å². The van der Waals surface area contributed by atoms with E-state index in [0.717, 1.165) is 11.4 Å². The maximum atomic E-state index is 2.44. The average molecular weight is 700 g/mol. The van der Waals surface area contributed by atoms with Gasteiger partial charge in [0.15, 0.2) is 0 Å². The summed E-state index contributed by atoms with van der Waals surface area (Å²) in [5.41, 5.74) is 13.2. The van der Waals surface area contributed by atoms with E-state index in [1.54, 1.807) is 0 Å². The fraction of sp³-hybridized carbons (Fsp3) is 0. The number of fused-ring (bicyclic) bond motifs is 11. The Hall–Kier alpha value is -7.36. The third-order valence-electron chi connectivity index (χ3n) is 11.6. The number of nitrogens with zero attached hydrogens (tertiary/aromatic N) is 3. The van der Waals surface area contributed by atoms with Crippen molar-refractivity contribution in [3.63, 3.8) is 0 Å². The molecule has 9 aromatic carbocycles. The van der Waals surface area contributed by atoms with E-state index in [1.165, 1.54) is 93.0 Å². The van der Waals surface area contributed by atoms with Gasteiger partial charge in [0.2, 0.25) is 0 Å². The van der Waals surface area contributed by atoms with Crippen LogP contribution in [0.5, 0.6) is 0 Å². The zero-order valence-corrected chi connectivity index (χ0v) is 29.9. The molecular weight excluding hydrogens is 667 g/mol. The summed E-state index contributed by atoms with van der Waals surface area (Å²) in [6, 6.07) is 73.2. The molecule has 3 nitrogen and oxygen atoms in total. The number of rotatable bonds is 4. The molecule has 3 aromatic heterocycles. The monoisotopic (exact) mass is 699 g/mol. The van der Waals surface area contributed by atoms with Crippen LogP contribution in [0.25, 0.3) is 104 Å². The lowest BCUT2D eigenvalue weighted by Crippen LogP contribution is -1.97. The third-order valence-corrected chi connectivity index (χ3v) is 11.6. The molecule has 0 N–H and O–H groups in total. The Morgan fingerprint density at radius 2 is 0.800 bits per heavy atom. The van der Waals surface area contributed by atoms with Gasteiger partial charge in [-0.05, 0) is 89.3 Å². The predicted octanol–water partition coefficient (Wildman–Crippen LogP) is 13.8. The van der Waals surface area contributed by atoms with Gasteiger partial charge in [-0.25, -0.2) is 0 Å². The summed E-state index contributed by atoms with van der Waals surface area (Å²) in [5.74, 6) is 0. The van der Waals surface area contributed by atoms with Crippen molar-refractivity contribution in [3.05, 3.63) is 200 Å². The molecule has 3 heteroatoms. The van der Waals surface area contributed by atoms with Crippen LogP contribution in [0.1, 0.15) is 0 Å². The van der Waals surface area contributed by atoms with Crippen molar-refractivity contribution in [1.29, 1.82) is 0 Å². The fourth-order valence-corrected chi connectivity index (χ4v) is 9.28. The highest BCUT2D eigenvalue weighted by atomic mass is 15.0. The summed E-state index contributed by atoms with van der Waals surface area (Å²) in [7, 11) is 0. The standard InChI is InChI=1S/C52H33N3/c1-2-14-36(15-3-1)53-46-21-9-7-18-42(46)45-33-35(26-32-49(45)53)39-20-12-24-50-51(39)44-19-8-11-23-48(44)54(50)37-27-29-38(30-28-37)55-47-22-10-6-17-41(47)43-31-25-34-13-4-5-16-40(34)52(43)55/h1-33H. The first-order valence-electron chi connectivity index (χ1n) is 18.9. The Balaban J connectivity index is 1.05. The molecule has 0 spiro atoms. The third kappa shape index (κ3) is 4.32. The second-order valence-corrected chi connectivity index (χ2v) is 14.5. The average Bonchev–Trinajstić information content (AvgIpc) is 3.90. The summed E-state index contributed by atoms with van der Waals surface area (Å²) >= 11 is 0. The van der Waals surface area contributed by atoms with Crippen LogP contribution >= 0.6 is 0 Å². The maximum absolute atomic E-state index is 2.44. The fourth-order valence-electron chi connectivity index (χ4n) is 9.28. The van der Waals surface area contributed by atoms with E-state index in [-0.39, 0.29) is 0 Å². The van der Waals surface area contributed by atoms with Crippen molar-refractivity contribution in [2.45, 2.75) is 0 Å². The van der Waals surface area contributed by atoms with E-state index in [9.17, 15) is 0 Å². The lowest BCUT2D eigenvalue weighted by molar-refractivity contribution is 1.15. The second-order valence-electron chi connectivity index (χ2n) is 14.5. The molecular formula is C52H33N3. The zero-order chi connectivity index (χ0) is 36.0. The van der Waals surface area contributed by atoms with E-state index in [1.807, 2.05) is 0 Å². The predicted molar refractivity (Wildman–Crippen MR) is 232 cm³/mol. The summed E-state index contributed by atoms with van der Waals surface area (Å²) in [4.78, 5) is 0. The molecule has 0 fully saturated rings. The maximum Gasteiger partial charge on any atom is 0.0619 e. The molecule has 0 unspecified atom stereocenters. The number of hydrogen-bond acceptors (Lipinski definition) is 0. The number of para-hydroxylation sites is 4. The van der Waals surface area contributed by atoms with Gasteiger partial charge >= 0.3 is 0 Å². The lowest BCUT2D eigenvalue weighted by Gasteiger charge is -2.13. The smallest absolute Gasteiger partial charge is 0.0619 e. The van der Waals surface area contributed by atoms with E-state index in [0.29, 0.717) is 0 Å². The summed E-state index contributed by atoms with van der Waals surface area (Å²) in [5, 5.41) is 10.1. The minimum atomic E-state index is 1.14. The molecule has 0 aliphatic carbocycles. The van der Waals surface area contributed by atoms with Crippen LogP contribution < -0.4 is 0 Å². The molecule has 0 amide bonds. The molecule has 3 heterocycles. The molecule has 0 radical (unpaired) electrons. The zero-order valence-electron chi connectivity index (χ0n) is 29.9. The Morgan fingerprint density at radius 3 is 1.56 bits per heavy atom. The minimum absolute atomic E-state index is 1.14. The van der Waals surface area contributed by atoms with Crippen molar-refractivity contribution in [2.24, 2.45) is 0 Å². The Labute approximate surface area is 317 Å². The molecule has 0 bridgehead atoms. The van der Waals surface area contributed by atoms with E-state index < -0.39 is 0 Å². The molecule has 12 aromatic rings. The van der Waals surface area contributed by atoms with Gasteiger partial charge in [0.05, 0.1) is 33.1 Å². The Bertz CT molecular complexity index is 3470. The van der Waals surface area contributed by atoms with Crippen molar-refractivity contribution in [3.8, 4) is 28.2 Å². The van der Waals surface area contributed by atoms with Gasteiger partial charge < -0.3 is 13.7 Å². The highest BCUT2D eigenvalue weighted by molar-refractivity contribution is 6.19. The molecule has 0 aliphatic heterocycles. The van der Waals surface area contributed by atoms with Gasteiger partial charge in [0.25, 0.3) is 0 Å². The molecule has 12 rings (SSSR count). The molecule has 55 heavy (non-hydrogen) atoms. The lowest BCUT2D eigenvalue weighted by atomic mass is 9.98. The van der Waals surface area contributed by atoms with Gasteiger partial charge in [-0.15, -0.1) is 0 Å². The van der Waals surface area contributed by atoms with Gasteiger partial charge in [-0.3, -0.25) is 0 Å². The summed E-state index contributed by atoms with van der Waals surface area (Å²) in [6.07, 6.45) is 0. The van der Waals surface area contributed by atoms with Crippen LogP contribution in [-0.4, -0.2) is 13.7 Å². The number of benzene rings is 9. The molecule has 0 aliphatic rings. The molecule has 0 saturated heterocycles. The van der Waals surface area contributed by atoms with Crippen molar-refractivity contribution in [2.75, 3.05) is 0 Å². The van der Waals surface area contributed by atoms with Gasteiger partial charge in [-0.2, -0.15) is 0 Å². The molecule has 0 atom stereocenters. The van der Waals surface area contributed by atoms with E-state index in [4.69, 9.17) is 0 Å². The molecule has 256 valence electrons. The van der Waals surface area contributed by atoms with E-state index in [2.05, 4.69) is 214 Å². The summed E-state index contributed by atoms with van der Waals surface area (Å²) < 4.78 is 7.25. The van der Waals surface area contributed by atoms with Gasteiger partial charge in [-0.1, -0.05) is 127 Å². The second kappa shape index (κ2) is 11.6. The van der Waals surface area contributed by atoms with Crippen LogP contribution in [0.4, 0.5) is 0 Å². The first kappa shape index (κ1) is 30.1. The van der Waals surface area contributed by atoms with Crippen LogP contribution in [-0.2, 0) is 0 Å². The van der Waals surface area contributed by atoms with E-state index >= 15 is 0 Å². The van der Waals surface area contributed by atoms with Crippen LogP contribution in [0.2, 0.25) is 0 Å². The van der Waals surface area contributed by atoms with Crippen molar-refractivity contribution >= 4 is 76.2 Å². The normalized spacial score (nSPS) is 12.0. The van der Waals surface area contributed by atoms with Crippen LogP contribution in [0, 0.1) is 0 Å². The van der Waals surface area contributed by atoms with Crippen LogP contribution in [0.3, 0.4) is 0 Å². The van der Waals surface area contributed by atoms with Gasteiger partial charge in [0.1, 0.15) is 0 Å². The summed E-state index contributed by atoms with van der Waals surface area (Å²) in [6.45, 7) is 0. The highest BCUT2D eigenvalue weighted by Crippen LogP contribution is 2.42. The molecule has 0 saturated carbocycles. The quantitative estimate of drug-likeness (QED) is 0.174. The van der Waals surface area contributed by atoms with Gasteiger partial charge in [0, 0.05) is 54.8 Å². The SMILES string of the molecule is c1ccc(-n2c3ccccc3c3cc(-c4cccc5c4c4ccccc4n5-c4ccc(-n5c6ccccc6c6ccc7ccccc7c65)cc4)ccc32)cc1. The first-order chi connectivity index (χ1) is 27.3. The Kier molecular flexibility index (Phi) is 6.34. The largest absolute Gasteiger partial charge is 0.309 e. The first-order valence-corrected chi connectivity index (χ1v) is 18.9. The van der Waals surface area contributed by atoms with Crippen LogP contribution in [0.15, 0.2) is 200 Å². The van der Waals surface area contributed by atoms with Crippen molar-refractivity contribution < 1.29 is 0 Å². The number of hydrogen-bond donors (Lipinski definition) is 0. The number of aromatic nitrogens is 3. The topological polar surface area (TPSA) is 14.8 Å². The Morgan fingerprint density at radius 1 is 0.273 bits per heavy atom.